The fraction of sp³-hybridized carbons (Fsp3) is 0.364. The maximum Gasteiger partial charge on any atom is 0.293 e. The molecule has 3 aromatic rings. The van der Waals surface area contributed by atoms with Crippen molar-refractivity contribution in [2.75, 3.05) is 39.8 Å². The number of hydrogen-bond acceptors (Lipinski definition) is 10. The summed E-state index contributed by atoms with van der Waals surface area (Å²) in [6.07, 6.45) is 1.99. The van der Waals surface area contributed by atoms with E-state index in [1.807, 2.05) is 0 Å². The standard InChI is InChI=1S/C22H24N4O7/c1-29-18-10-14(11-19(30-2)20(18)31-3)21-24-22(33-25-21)13-6-7-16(17(9-13)26(27)28)23-12-15-5-4-8-32-15/h6-7,9-11,15,23H,4-5,8,12H2,1-3H3/t15-/m0/s1. The van der Waals surface area contributed by atoms with Crippen LogP contribution in [-0.2, 0) is 4.74 Å². The van der Waals surface area contributed by atoms with Crippen LogP contribution in [0.25, 0.3) is 22.8 Å². The minimum Gasteiger partial charge on any atom is -0.493 e. The first kappa shape index (κ1) is 22.3. The Labute approximate surface area is 189 Å². The van der Waals surface area contributed by atoms with Crippen molar-refractivity contribution in [3.63, 3.8) is 0 Å². The van der Waals surface area contributed by atoms with Gasteiger partial charge in [-0.3, -0.25) is 10.1 Å². The summed E-state index contributed by atoms with van der Waals surface area (Å²) in [6, 6.07) is 8.11. The maximum atomic E-state index is 11.7. The number of methoxy groups -OCH3 is 3. The smallest absolute Gasteiger partial charge is 0.293 e. The van der Waals surface area contributed by atoms with E-state index >= 15 is 0 Å². The quantitative estimate of drug-likeness (QED) is 0.373. The molecular weight excluding hydrogens is 432 g/mol. The molecular formula is C22H24N4O7. The van der Waals surface area contributed by atoms with E-state index in [1.165, 1.54) is 27.4 Å². The summed E-state index contributed by atoms with van der Waals surface area (Å²) in [4.78, 5) is 15.6. The lowest BCUT2D eigenvalue weighted by molar-refractivity contribution is -0.383. The molecule has 11 nitrogen and oxygen atoms in total. The summed E-state index contributed by atoms with van der Waals surface area (Å²) in [6.45, 7) is 1.23. The van der Waals surface area contributed by atoms with Gasteiger partial charge in [0.1, 0.15) is 5.69 Å². The van der Waals surface area contributed by atoms with Crippen molar-refractivity contribution in [2.24, 2.45) is 0 Å². The van der Waals surface area contributed by atoms with Crippen LogP contribution in [0.2, 0.25) is 0 Å². The van der Waals surface area contributed by atoms with E-state index < -0.39 is 4.92 Å². The number of nitrogens with zero attached hydrogens (tertiary/aromatic N) is 3. The van der Waals surface area contributed by atoms with Crippen molar-refractivity contribution >= 4 is 11.4 Å². The lowest BCUT2D eigenvalue weighted by atomic mass is 10.1. The molecule has 1 aliphatic rings. The molecule has 0 spiro atoms. The molecule has 2 aromatic carbocycles. The van der Waals surface area contributed by atoms with E-state index in [0.717, 1.165) is 19.4 Å². The van der Waals surface area contributed by atoms with Crippen molar-refractivity contribution in [3.8, 4) is 40.1 Å². The van der Waals surface area contributed by atoms with Crippen molar-refractivity contribution in [3.05, 3.63) is 40.4 Å². The van der Waals surface area contributed by atoms with Gasteiger partial charge in [0.15, 0.2) is 11.5 Å². The highest BCUT2D eigenvalue weighted by Gasteiger charge is 2.22. The Hall–Kier alpha value is -3.86. The molecule has 1 aromatic heterocycles. The average molecular weight is 456 g/mol. The van der Waals surface area contributed by atoms with E-state index in [0.29, 0.717) is 40.6 Å². The summed E-state index contributed by atoms with van der Waals surface area (Å²) < 4.78 is 27.0. The van der Waals surface area contributed by atoms with Gasteiger partial charge in [-0.15, -0.1) is 0 Å². The molecule has 1 fully saturated rings. The number of anilines is 1. The molecule has 0 unspecified atom stereocenters. The third kappa shape index (κ3) is 4.67. The Bertz CT molecular complexity index is 1120. The molecule has 33 heavy (non-hydrogen) atoms. The van der Waals surface area contributed by atoms with Gasteiger partial charge in [0.2, 0.25) is 11.6 Å². The third-order valence-corrected chi connectivity index (χ3v) is 5.33. The average Bonchev–Trinajstić information content (AvgIpc) is 3.54. The first-order valence-corrected chi connectivity index (χ1v) is 10.3. The number of ether oxygens (including phenoxy) is 4. The summed E-state index contributed by atoms with van der Waals surface area (Å²) in [5, 5.41) is 18.8. The Kier molecular flexibility index (Phi) is 6.59. The number of hydrogen-bond donors (Lipinski definition) is 1. The van der Waals surface area contributed by atoms with E-state index in [2.05, 4.69) is 15.5 Å². The predicted octanol–water partition coefficient (Wildman–Crippen LogP) is 3.93. The highest BCUT2D eigenvalue weighted by molar-refractivity contribution is 5.71. The predicted molar refractivity (Wildman–Crippen MR) is 119 cm³/mol. The second kappa shape index (κ2) is 9.74. The van der Waals surface area contributed by atoms with Crippen LogP contribution in [0.4, 0.5) is 11.4 Å². The molecule has 174 valence electrons. The van der Waals surface area contributed by atoms with Crippen molar-refractivity contribution in [1.82, 2.24) is 10.1 Å². The second-order valence-corrected chi connectivity index (χ2v) is 7.34. The molecule has 0 bridgehead atoms. The molecule has 1 saturated heterocycles. The molecule has 2 heterocycles. The number of aromatic nitrogens is 2. The molecule has 0 amide bonds. The maximum absolute atomic E-state index is 11.7. The van der Waals surface area contributed by atoms with Crippen LogP contribution < -0.4 is 19.5 Å². The topological polar surface area (TPSA) is 131 Å². The molecule has 0 saturated carbocycles. The molecule has 11 heteroatoms. The van der Waals surface area contributed by atoms with Gasteiger partial charge in [-0.25, -0.2) is 0 Å². The van der Waals surface area contributed by atoms with Gasteiger partial charge in [-0.2, -0.15) is 4.98 Å². The van der Waals surface area contributed by atoms with Gasteiger partial charge in [-0.05, 0) is 37.1 Å². The number of nitrogens with one attached hydrogen (secondary N) is 1. The fourth-order valence-electron chi connectivity index (χ4n) is 3.66. The Morgan fingerprint density at radius 3 is 2.48 bits per heavy atom. The number of rotatable bonds is 9. The summed E-state index contributed by atoms with van der Waals surface area (Å²) in [5.41, 5.74) is 1.32. The molecule has 1 aliphatic heterocycles. The Morgan fingerprint density at radius 1 is 1.12 bits per heavy atom. The minimum absolute atomic E-state index is 0.0567. The van der Waals surface area contributed by atoms with Crippen molar-refractivity contribution in [1.29, 1.82) is 0 Å². The van der Waals surface area contributed by atoms with Gasteiger partial charge in [0.25, 0.3) is 11.6 Å². The van der Waals surface area contributed by atoms with Gasteiger partial charge in [0, 0.05) is 30.3 Å². The van der Waals surface area contributed by atoms with Crippen molar-refractivity contribution < 1.29 is 28.4 Å². The normalized spacial score (nSPS) is 15.3. The first-order valence-electron chi connectivity index (χ1n) is 10.3. The van der Waals surface area contributed by atoms with Crippen LogP contribution in [0.15, 0.2) is 34.9 Å². The lowest BCUT2D eigenvalue weighted by Gasteiger charge is -2.12. The highest BCUT2D eigenvalue weighted by atomic mass is 16.6. The van der Waals surface area contributed by atoms with Crippen LogP contribution >= 0.6 is 0 Å². The summed E-state index contributed by atoms with van der Waals surface area (Å²) in [5.74, 6) is 1.74. The number of nitro benzene ring substituents is 1. The number of benzene rings is 2. The molecule has 0 aliphatic carbocycles. The largest absolute Gasteiger partial charge is 0.493 e. The van der Waals surface area contributed by atoms with E-state index in [9.17, 15) is 10.1 Å². The first-order chi connectivity index (χ1) is 16.0. The zero-order valence-electron chi connectivity index (χ0n) is 18.5. The van der Waals surface area contributed by atoms with E-state index in [4.69, 9.17) is 23.5 Å². The summed E-state index contributed by atoms with van der Waals surface area (Å²) in [7, 11) is 4.53. The van der Waals surface area contributed by atoms with Crippen LogP contribution in [0, 0.1) is 10.1 Å². The second-order valence-electron chi connectivity index (χ2n) is 7.34. The molecule has 1 atom stereocenters. The van der Waals surface area contributed by atoms with Gasteiger partial charge < -0.3 is 28.8 Å². The zero-order chi connectivity index (χ0) is 23.4. The Morgan fingerprint density at radius 2 is 1.88 bits per heavy atom. The third-order valence-electron chi connectivity index (χ3n) is 5.33. The molecule has 4 rings (SSSR count). The van der Waals surface area contributed by atoms with Crippen LogP contribution in [0.5, 0.6) is 17.2 Å². The van der Waals surface area contributed by atoms with Gasteiger partial charge in [-0.1, -0.05) is 5.16 Å². The molecule has 0 radical (unpaired) electrons. The summed E-state index contributed by atoms with van der Waals surface area (Å²) >= 11 is 0. The SMILES string of the molecule is COc1cc(-c2noc(-c3ccc(NC[C@@H]4CCCO4)c([N+](=O)[O-])c3)n2)cc(OC)c1OC. The van der Waals surface area contributed by atoms with Gasteiger partial charge in [0.05, 0.1) is 32.4 Å². The molecule has 1 N–H and O–H groups in total. The van der Waals surface area contributed by atoms with Crippen LogP contribution in [0.3, 0.4) is 0 Å². The van der Waals surface area contributed by atoms with Crippen LogP contribution in [0.1, 0.15) is 12.8 Å². The minimum atomic E-state index is -0.447. The van der Waals surface area contributed by atoms with E-state index in [-0.39, 0.29) is 23.5 Å². The monoisotopic (exact) mass is 456 g/mol. The van der Waals surface area contributed by atoms with Crippen molar-refractivity contribution in [2.45, 2.75) is 18.9 Å². The number of nitro groups is 1. The van der Waals surface area contributed by atoms with Crippen LogP contribution in [-0.4, -0.2) is 55.6 Å². The zero-order valence-corrected chi connectivity index (χ0v) is 18.5. The van der Waals surface area contributed by atoms with Gasteiger partial charge >= 0.3 is 0 Å². The lowest BCUT2D eigenvalue weighted by Crippen LogP contribution is -2.18. The fourth-order valence-corrected chi connectivity index (χ4v) is 3.66. The van der Waals surface area contributed by atoms with E-state index in [1.54, 1.807) is 24.3 Å². The highest BCUT2D eigenvalue weighted by Crippen LogP contribution is 2.41. The Balaban J connectivity index is 1.61.